The Hall–Kier alpha value is -2.63. The second-order valence-corrected chi connectivity index (χ2v) is 7.56. The highest BCUT2D eigenvalue weighted by atomic mass is 16.5. The van der Waals surface area contributed by atoms with Gasteiger partial charge in [0, 0.05) is 50.4 Å². The van der Waals surface area contributed by atoms with Gasteiger partial charge in [0.2, 0.25) is 0 Å². The van der Waals surface area contributed by atoms with Crippen molar-refractivity contribution in [3.05, 3.63) is 72.3 Å². The van der Waals surface area contributed by atoms with E-state index in [1.165, 1.54) is 0 Å². The normalized spacial score (nSPS) is 17.1. The second kappa shape index (κ2) is 9.25. The largest absolute Gasteiger partial charge is 0.465 e. The number of hydrogen-bond acceptors (Lipinski definition) is 5. The maximum absolute atomic E-state index is 13.0. The summed E-state index contributed by atoms with van der Waals surface area (Å²) in [6.45, 7) is 10.4. The number of carbonyl (C=O) groups excluding carboxylic acids is 1. The zero-order valence-corrected chi connectivity index (χ0v) is 16.8. The summed E-state index contributed by atoms with van der Waals surface area (Å²) in [6.07, 6.45) is 2.81. The fraction of sp³-hybridized carbons (Fsp3) is 0.375. The minimum absolute atomic E-state index is 0.205. The maximum Gasteiger partial charge on any atom is 0.318 e. The number of esters is 1. The molecule has 0 unspecified atom stereocenters. The quantitative estimate of drug-likeness (QED) is 0.409. The minimum Gasteiger partial charge on any atom is -0.465 e. The molecule has 5 nitrogen and oxygen atoms in total. The average molecular weight is 392 g/mol. The van der Waals surface area contributed by atoms with E-state index < -0.39 is 5.92 Å². The first-order chi connectivity index (χ1) is 14.3. The van der Waals surface area contributed by atoms with Crippen molar-refractivity contribution >= 4 is 5.97 Å². The molecule has 29 heavy (non-hydrogen) atoms. The number of fused-ring (bicyclic) bond motifs is 2. The summed E-state index contributed by atoms with van der Waals surface area (Å²) in [5.41, 5.74) is 1.74. The van der Waals surface area contributed by atoms with Gasteiger partial charge < -0.3 is 14.4 Å². The lowest BCUT2D eigenvalue weighted by Crippen LogP contribution is -2.46. The Morgan fingerprint density at radius 1 is 1.00 bits per heavy atom. The van der Waals surface area contributed by atoms with Gasteiger partial charge in [0.05, 0.1) is 6.61 Å². The SMILES string of the molecule is C=CCN1CCN(CCCOC(=O)C2c3ccccc3Oc3ccccc32)CC1. The Morgan fingerprint density at radius 3 is 2.21 bits per heavy atom. The molecule has 0 spiro atoms. The number of rotatable bonds is 7. The monoisotopic (exact) mass is 392 g/mol. The zero-order valence-electron chi connectivity index (χ0n) is 16.8. The van der Waals surface area contributed by atoms with E-state index in [-0.39, 0.29) is 5.97 Å². The summed E-state index contributed by atoms with van der Waals surface area (Å²) in [7, 11) is 0. The van der Waals surface area contributed by atoms with E-state index in [1.54, 1.807) is 0 Å². The third-order valence-corrected chi connectivity index (χ3v) is 5.63. The highest BCUT2D eigenvalue weighted by Gasteiger charge is 2.33. The van der Waals surface area contributed by atoms with Crippen LogP contribution in [0.15, 0.2) is 61.2 Å². The van der Waals surface area contributed by atoms with Crippen molar-refractivity contribution in [1.82, 2.24) is 9.80 Å². The molecule has 4 rings (SSSR count). The molecule has 2 aliphatic rings. The van der Waals surface area contributed by atoms with Crippen LogP contribution < -0.4 is 4.74 Å². The molecule has 2 aromatic rings. The van der Waals surface area contributed by atoms with Crippen molar-refractivity contribution in [3.8, 4) is 11.5 Å². The van der Waals surface area contributed by atoms with Crippen LogP contribution in [0.25, 0.3) is 0 Å². The van der Waals surface area contributed by atoms with Crippen molar-refractivity contribution < 1.29 is 14.3 Å². The van der Waals surface area contributed by atoms with E-state index in [2.05, 4.69) is 16.4 Å². The molecule has 152 valence electrons. The van der Waals surface area contributed by atoms with Crippen LogP contribution >= 0.6 is 0 Å². The van der Waals surface area contributed by atoms with Crippen LogP contribution in [-0.2, 0) is 9.53 Å². The summed E-state index contributed by atoms with van der Waals surface area (Å²) < 4.78 is 11.7. The molecule has 2 heterocycles. The first kappa shape index (κ1) is 19.7. The summed E-state index contributed by atoms with van der Waals surface area (Å²) >= 11 is 0. The third-order valence-electron chi connectivity index (χ3n) is 5.63. The van der Waals surface area contributed by atoms with Crippen molar-refractivity contribution in [2.45, 2.75) is 12.3 Å². The first-order valence-electron chi connectivity index (χ1n) is 10.3. The van der Waals surface area contributed by atoms with E-state index in [0.29, 0.717) is 6.61 Å². The van der Waals surface area contributed by atoms with Gasteiger partial charge in [0.1, 0.15) is 17.4 Å². The molecule has 5 heteroatoms. The molecule has 2 aliphatic heterocycles. The molecular formula is C24H28N2O3. The molecule has 1 saturated heterocycles. The van der Waals surface area contributed by atoms with E-state index >= 15 is 0 Å². The molecule has 2 aromatic carbocycles. The van der Waals surface area contributed by atoms with Gasteiger partial charge in [-0.3, -0.25) is 9.69 Å². The van der Waals surface area contributed by atoms with Crippen LogP contribution in [0, 0.1) is 0 Å². The lowest BCUT2D eigenvalue weighted by Gasteiger charge is -2.34. The fourth-order valence-corrected chi connectivity index (χ4v) is 4.09. The molecule has 0 aliphatic carbocycles. The second-order valence-electron chi connectivity index (χ2n) is 7.56. The smallest absolute Gasteiger partial charge is 0.318 e. The van der Waals surface area contributed by atoms with Crippen molar-refractivity contribution in [2.75, 3.05) is 45.9 Å². The van der Waals surface area contributed by atoms with Crippen LogP contribution in [0.1, 0.15) is 23.5 Å². The topological polar surface area (TPSA) is 42.0 Å². The maximum atomic E-state index is 13.0. The first-order valence-corrected chi connectivity index (χ1v) is 10.3. The van der Waals surface area contributed by atoms with Crippen LogP contribution in [-0.4, -0.2) is 61.6 Å². The third kappa shape index (κ3) is 4.52. The van der Waals surface area contributed by atoms with Crippen molar-refractivity contribution in [2.24, 2.45) is 0 Å². The van der Waals surface area contributed by atoms with Gasteiger partial charge in [-0.15, -0.1) is 6.58 Å². The van der Waals surface area contributed by atoms with E-state index in [9.17, 15) is 4.79 Å². The zero-order chi connectivity index (χ0) is 20.1. The van der Waals surface area contributed by atoms with Gasteiger partial charge in [-0.2, -0.15) is 0 Å². The van der Waals surface area contributed by atoms with Crippen molar-refractivity contribution in [3.63, 3.8) is 0 Å². The molecule has 0 radical (unpaired) electrons. The lowest BCUT2D eigenvalue weighted by molar-refractivity contribution is -0.144. The Morgan fingerprint density at radius 2 is 1.59 bits per heavy atom. The predicted octanol–water partition coefficient (Wildman–Crippen LogP) is 3.66. The fourth-order valence-electron chi connectivity index (χ4n) is 4.09. The molecule has 0 N–H and O–H groups in total. The van der Waals surface area contributed by atoms with Gasteiger partial charge in [-0.05, 0) is 18.6 Å². The number of ether oxygens (including phenoxy) is 2. The number of carbonyl (C=O) groups is 1. The molecular weight excluding hydrogens is 364 g/mol. The number of para-hydroxylation sites is 2. The van der Waals surface area contributed by atoms with Gasteiger partial charge in [-0.25, -0.2) is 0 Å². The van der Waals surface area contributed by atoms with Gasteiger partial charge in [-0.1, -0.05) is 42.5 Å². The number of benzene rings is 2. The van der Waals surface area contributed by atoms with Gasteiger partial charge in [0.25, 0.3) is 0 Å². The Balaban J connectivity index is 1.32. The van der Waals surface area contributed by atoms with Crippen LogP contribution in [0.4, 0.5) is 0 Å². The molecule has 0 aromatic heterocycles. The van der Waals surface area contributed by atoms with Gasteiger partial charge >= 0.3 is 5.97 Å². The van der Waals surface area contributed by atoms with E-state index in [0.717, 1.165) is 68.3 Å². The number of piperazine rings is 1. The molecule has 0 amide bonds. The van der Waals surface area contributed by atoms with Crippen molar-refractivity contribution in [1.29, 1.82) is 0 Å². The molecule has 1 fully saturated rings. The summed E-state index contributed by atoms with van der Waals surface area (Å²) in [5, 5.41) is 0. The van der Waals surface area contributed by atoms with Crippen LogP contribution in [0.3, 0.4) is 0 Å². The number of hydrogen-bond donors (Lipinski definition) is 0. The summed E-state index contributed by atoms with van der Waals surface area (Å²) in [5.74, 6) is 0.818. The Bertz CT molecular complexity index is 813. The number of nitrogens with zero attached hydrogens (tertiary/aromatic N) is 2. The van der Waals surface area contributed by atoms with Crippen LogP contribution in [0.5, 0.6) is 11.5 Å². The van der Waals surface area contributed by atoms with Crippen LogP contribution in [0.2, 0.25) is 0 Å². The van der Waals surface area contributed by atoms with E-state index in [1.807, 2.05) is 54.6 Å². The average Bonchev–Trinajstić information content (AvgIpc) is 2.76. The van der Waals surface area contributed by atoms with E-state index in [4.69, 9.17) is 9.47 Å². The highest BCUT2D eigenvalue weighted by Crippen LogP contribution is 2.44. The Labute approximate surface area is 172 Å². The predicted molar refractivity (Wildman–Crippen MR) is 113 cm³/mol. The molecule has 0 saturated carbocycles. The Kier molecular flexibility index (Phi) is 6.27. The summed E-state index contributed by atoms with van der Waals surface area (Å²) in [6, 6.07) is 15.4. The molecule has 0 atom stereocenters. The summed E-state index contributed by atoms with van der Waals surface area (Å²) in [4.78, 5) is 17.8. The standard InChI is InChI=1S/C24H28N2O3/c1-2-12-25-14-16-26(17-15-25)13-7-18-28-24(27)23-19-8-3-5-10-21(19)29-22-11-6-4-9-20(22)23/h2-6,8-11,23H,1,7,12-18H2. The minimum atomic E-state index is -0.432. The van der Waals surface area contributed by atoms with Gasteiger partial charge in [0.15, 0.2) is 0 Å². The molecule has 0 bridgehead atoms. The highest BCUT2D eigenvalue weighted by molar-refractivity contribution is 5.85. The lowest BCUT2D eigenvalue weighted by atomic mass is 9.88.